The number of carbonyl (C=O) groups excluding carboxylic acids is 2. The average Bonchev–Trinajstić information content (AvgIpc) is 3.13. The summed E-state index contributed by atoms with van der Waals surface area (Å²) in [6.07, 6.45) is 0. The molecule has 136 valence electrons. The van der Waals surface area contributed by atoms with E-state index in [1.165, 1.54) is 0 Å². The summed E-state index contributed by atoms with van der Waals surface area (Å²) in [7, 11) is 0. The summed E-state index contributed by atoms with van der Waals surface area (Å²) in [4.78, 5) is 24.0. The highest BCUT2D eigenvalue weighted by Crippen LogP contribution is 2.32. The molecule has 0 aliphatic carbocycles. The molecule has 0 aromatic heterocycles. The Morgan fingerprint density at radius 2 is 1.69 bits per heavy atom. The lowest BCUT2D eigenvalue weighted by molar-refractivity contribution is -0.144. The summed E-state index contributed by atoms with van der Waals surface area (Å²) < 4.78 is 26.2. The van der Waals surface area contributed by atoms with Gasteiger partial charge in [0, 0.05) is 5.56 Å². The van der Waals surface area contributed by atoms with Gasteiger partial charge in [-0.15, -0.1) is 0 Å². The van der Waals surface area contributed by atoms with Gasteiger partial charge < -0.3 is 23.7 Å². The minimum absolute atomic E-state index is 0.128. The Bertz CT molecular complexity index is 800. The minimum atomic E-state index is -0.648. The van der Waals surface area contributed by atoms with Crippen LogP contribution in [0.15, 0.2) is 42.5 Å². The Morgan fingerprint density at radius 1 is 0.962 bits per heavy atom. The van der Waals surface area contributed by atoms with Crippen molar-refractivity contribution in [1.82, 2.24) is 0 Å². The Kier molecular flexibility index (Phi) is 5.58. The summed E-state index contributed by atoms with van der Waals surface area (Å²) in [5.74, 6) is 1.07. The molecule has 1 aliphatic rings. The Hall–Kier alpha value is -3.22. The van der Waals surface area contributed by atoms with Crippen LogP contribution in [0.3, 0.4) is 0 Å². The van der Waals surface area contributed by atoms with Gasteiger partial charge in [0.25, 0.3) is 0 Å². The summed E-state index contributed by atoms with van der Waals surface area (Å²) >= 11 is 0. The predicted octanol–water partition coefficient (Wildman–Crippen LogP) is 2.62. The molecule has 1 aliphatic heterocycles. The van der Waals surface area contributed by atoms with Crippen molar-refractivity contribution in [1.29, 1.82) is 0 Å². The summed E-state index contributed by atoms with van der Waals surface area (Å²) in [5.41, 5.74) is 0.379. The van der Waals surface area contributed by atoms with Crippen LogP contribution in [-0.4, -0.2) is 38.4 Å². The minimum Gasteiger partial charge on any atom is -0.490 e. The van der Waals surface area contributed by atoms with Gasteiger partial charge in [-0.2, -0.15) is 0 Å². The number of carbonyl (C=O) groups is 2. The number of rotatable bonds is 8. The topological polar surface area (TPSA) is 80.3 Å². The number of para-hydroxylation sites is 2. The fourth-order valence-corrected chi connectivity index (χ4v) is 2.32. The van der Waals surface area contributed by atoms with Crippen molar-refractivity contribution in [2.45, 2.75) is 6.92 Å². The van der Waals surface area contributed by atoms with E-state index in [2.05, 4.69) is 0 Å². The molecule has 1 heterocycles. The lowest BCUT2D eigenvalue weighted by atomic mass is 10.1. The van der Waals surface area contributed by atoms with Crippen LogP contribution in [0.1, 0.15) is 17.3 Å². The van der Waals surface area contributed by atoms with Crippen molar-refractivity contribution >= 4 is 11.8 Å². The molecule has 0 unspecified atom stereocenters. The number of ketones is 1. The second kappa shape index (κ2) is 8.24. The highest BCUT2D eigenvalue weighted by molar-refractivity contribution is 5.98. The average molecular weight is 358 g/mol. The normalized spacial score (nSPS) is 11.7. The number of benzene rings is 2. The third-order valence-corrected chi connectivity index (χ3v) is 3.55. The molecule has 26 heavy (non-hydrogen) atoms. The summed E-state index contributed by atoms with van der Waals surface area (Å²) in [6, 6.07) is 11.8. The second-order valence-corrected chi connectivity index (χ2v) is 5.32. The van der Waals surface area contributed by atoms with Crippen molar-refractivity contribution in [2.24, 2.45) is 0 Å². The quantitative estimate of drug-likeness (QED) is 0.530. The number of esters is 1. The molecule has 0 radical (unpaired) electrons. The number of fused-ring (bicyclic) bond motifs is 1. The van der Waals surface area contributed by atoms with Crippen LogP contribution >= 0.6 is 0 Å². The molecule has 2 aromatic carbocycles. The molecule has 2 aromatic rings. The van der Waals surface area contributed by atoms with Gasteiger partial charge in [-0.25, -0.2) is 4.79 Å². The standard InChI is InChI=1S/C19H18O7/c1-2-22-15-5-3-4-6-16(15)23-11-19(21)24-10-14(20)13-7-8-17-18(9-13)26-12-25-17/h3-9H,2,10-12H2,1H3. The summed E-state index contributed by atoms with van der Waals surface area (Å²) in [6.45, 7) is 1.76. The maximum atomic E-state index is 12.1. The lowest BCUT2D eigenvalue weighted by Gasteiger charge is -2.11. The van der Waals surface area contributed by atoms with Gasteiger partial charge in [-0.1, -0.05) is 12.1 Å². The maximum Gasteiger partial charge on any atom is 0.344 e. The molecule has 7 heteroatoms. The first kappa shape index (κ1) is 17.6. The van der Waals surface area contributed by atoms with Gasteiger partial charge in [-0.3, -0.25) is 4.79 Å². The Labute approximate surface area is 150 Å². The number of hydrogen-bond acceptors (Lipinski definition) is 7. The van der Waals surface area contributed by atoms with E-state index >= 15 is 0 Å². The van der Waals surface area contributed by atoms with Gasteiger partial charge >= 0.3 is 5.97 Å². The smallest absolute Gasteiger partial charge is 0.344 e. The SMILES string of the molecule is CCOc1ccccc1OCC(=O)OCC(=O)c1ccc2c(c1)OCO2. The number of Topliss-reactive ketones (excluding diaryl/α,β-unsaturated/α-hetero) is 1. The van der Waals surface area contributed by atoms with Crippen LogP contribution in [0, 0.1) is 0 Å². The van der Waals surface area contributed by atoms with Gasteiger partial charge in [0.15, 0.2) is 42.0 Å². The van der Waals surface area contributed by atoms with E-state index < -0.39 is 5.97 Å². The molecular weight excluding hydrogens is 340 g/mol. The van der Waals surface area contributed by atoms with Crippen molar-refractivity contribution in [3.05, 3.63) is 48.0 Å². The molecule has 0 spiro atoms. The molecule has 0 atom stereocenters. The van der Waals surface area contributed by atoms with E-state index in [0.29, 0.717) is 35.2 Å². The Balaban J connectivity index is 1.49. The highest BCUT2D eigenvalue weighted by atomic mass is 16.7. The van der Waals surface area contributed by atoms with E-state index in [-0.39, 0.29) is 25.8 Å². The van der Waals surface area contributed by atoms with Crippen molar-refractivity contribution in [3.8, 4) is 23.0 Å². The van der Waals surface area contributed by atoms with Crippen molar-refractivity contribution in [2.75, 3.05) is 26.6 Å². The zero-order valence-corrected chi connectivity index (χ0v) is 14.2. The highest BCUT2D eigenvalue weighted by Gasteiger charge is 2.17. The lowest BCUT2D eigenvalue weighted by Crippen LogP contribution is -2.19. The zero-order valence-electron chi connectivity index (χ0n) is 14.2. The molecule has 0 saturated carbocycles. The molecule has 3 rings (SSSR count). The van der Waals surface area contributed by atoms with Gasteiger partial charge in [0.05, 0.1) is 6.61 Å². The Morgan fingerprint density at radius 3 is 2.46 bits per heavy atom. The monoisotopic (exact) mass is 358 g/mol. The van der Waals surface area contributed by atoms with Crippen molar-refractivity contribution < 1.29 is 33.3 Å². The first-order chi connectivity index (χ1) is 12.7. The van der Waals surface area contributed by atoms with E-state index in [1.54, 1.807) is 42.5 Å². The van der Waals surface area contributed by atoms with Gasteiger partial charge in [0.1, 0.15) is 0 Å². The van der Waals surface area contributed by atoms with Crippen LogP contribution in [0.2, 0.25) is 0 Å². The molecule has 0 bridgehead atoms. The second-order valence-electron chi connectivity index (χ2n) is 5.32. The molecule has 0 saturated heterocycles. The first-order valence-corrected chi connectivity index (χ1v) is 8.10. The largest absolute Gasteiger partial charge is 0.490 e. The van der Waals surface area contributed by atoms with Crippen molar-refractivity contribution in [3.63, 3.8) is 0 Å². The molecular formula is C19H18O7. The number of ether oxygens (including phenoxy) is 5. The fourth-order valence-electron chi connectivity index (χ4n) is 2.32. The molecule has 7 nitrogen and oxygen atoms in total. The van der Waals surface area contributed by atoms with Gasteiger partial charge in [0.2, 0.25) is 6.79 Å². The van der Waals surface area contributed by atoms with E-state index in [0.717, 1.165) is 0 Å². The summed E-state index contributed by atoms with van der Waals surface area (Å²) in [5, 5.41) is 0. The van der Waals surface area contributed by atoms with E-state index in [9.17, 15) is 9.59 Å². The predicted molar refractivity (Wildman–Crippen MR) is 91.0 cm³/mol. The van der Waals surface area contributed by atoms with Crippen LogP contribution in [0.5, 0.6) is 23.0 Å². The first-order valence-electron chi connectivity index (χ1n) is 8.10. The molecule has 0 fully saturated rings. The molecule has 0 N–H and O–H groups in total. The number of hydrogen-bond donors (Lipinski definition) is 0. The van der Waals surface area contributed by atoms with E-state index in [1.807, 2.05) is 6.92 Å². The maximum absolute atomic E-state index is 12.1. The third-order valence-electron chi connectivity index (χ3n) is 3.55. The van der Waals surface area contributed by atoms with Crippen LogP contribution in [-0.2, 0) is 9.53 Å². The third kappa shape index (κ3) is 4.24. The van der Waals surface area contributed by atoms with Gasteiger partial charge in [-0.05, 0) is 37.3 Å². The van der Waals surface area contributed by atoms with Crippen LogP contribution in [0.25, 0.3) is 0 Å². The molecule has 0 amide bonds. The fraction of sp³-hybridized carbons (Fsp3) is 0.263. The zero-order chi connectivity index (χ0) is 18.4. The van der Waals surface area contributed by atoms with E-state index in [4.69, 9.17) is 23.7 Å². The van der Waals surface area contributed by atoms with Crippen LogP contribution in [0.4, 0.5) is 0 Å². The van der Waals surface area contributed by atoms with Crippen LogP contribution < -0.4 is 18.9 Å².